The fourth-order valence-electron chi connectivity index (χ4n) is 4.60. The van der Waals surface area contributed by atoms with Crippen molar-refractivity contribution >= 4 is 52.4 Å². The van der Waals surface area contributed by atoms with Crippen LogP contribution in [0.5, 0.6) is 0 Å². The molecule has 1 saturated heterocycles. The molecule has 0 aliphatic carbocycles. The molecule has 8 nitrogen and oxygen atoms in total. The molecular weight excluding hydrogens is 523 g/mol. The Balaban J connectivity index is 1.64. The first-order chi connectivity index (χ1) is 17.2. The Morgan fingerprint density at radius 2 is 2.00 bits per heavy atom. The van der Waals surface area contributed by atoms with Gasteiger partial charge in [-0.1, -0.05) is 35.3 Å². The number of benzene rings is 1. The highest BCUT2D eigenvalue weighted by molar-refractivity contribution is 7.12. The van der Waals surface area contributed by atoms with E-state index >= 15 is 0 Å². The lowest BCUT2D eigenvalue weighted by Gasteiger charge is -2.42. The second kappa shape index (κ2) is 11.2. The molecule has 3 amide bonds. The summed E-state index contributed by atoms with van der Waals surface area (Å²) >= 11 is 14.0. The summed E-state index contributed by atoms with van der Waals surface area (Å²) in [5, 5.41) is 5.56. The highest BCUT2D eigenvalue weighted by Gasteiger charge is 2.39. The van der Waals surface area contributed by atoms with Crippen molar-refractivity contribution in [1.82, 2.24) is 20.0 Å². The van der Waals surface area contributed by atoms with Crippen LogP contribution in [0.1, 0.15) is 35.1 Å². The monoisotopic (exact) mass is 550 g/mol. The van der Waals surface area contributed by atoms with Gasteiger partial charge in [-0.25, -0.2) is 9.59 Å². The number of urea groups is 1. The van der Waals surface area contributed by atoms with Gasteiger partial charge in [-0.3, -0.25) is 14.6 Å². The van der Waals surface area contributed by atoms with Gasteiger partial charge >= 0.3 is 12.0 Å². The SMILES string of the molecule is CCOC(=O)C1=C(CN2CCN(C(=O)c3cccs3)C(C)C2)N(C)C(=O)NC1c1ccc(Cl)cc1Cl. The number of piperazine rings is 1. The van der Waals surface area contributed by atoms with Crippen molar-refractivity contribution in [3.63, 3.8) is 0 Å². The van der Waals surface area contributed by atoms with E-state index in [1.54, 1.807) is 32.2 Å². The molecule has 192 valence electrons. The smallest absolute Gasteiger partial charge is 0.338 e. The van der Waals surface area contributed by atoms with Crippen LogP contribution in [0.15, 0.2) is 47.0 Å². The highest BCUT2D eigenvalue weighted by Crippen LogP contribution is 2.36. The van der Waals surface area contributed by atoms with Crippen LogP contribution in [-0.2, 0) is 9.53 Å². The average Bonchev–Trinajstić information content (AvgIpc) is 3.37. The zero-order chi connectivity index (χ0) is 26.0. The van der Waals surface area contributed by atoms with Gasteiger partial charge in [0, 0.05) is 55.0 Å². The van der Waals surface area contributed by atoms with E-state index in [1.807, 2.05) is 29.3 Å². The molecule has 2 aliphatic heterocycles. The Hall–Kier alpha value is -2.59. The molecule has 2 atom stereocenters. The summed E-state index contributed by atoms with van der Waals surface area (Å²) in [6, 6.07) is 7.48. The fraction of sp³-hybridized carbons (Fsp3) is 0.400. The molecule has 1 aromatic carbocycles. The third kappa shape index (κ3) is 5.39. The Labute approximate surface area is 224 Å². The van der Waals surface area contributed by atoms with Crippen molar-refractivity contribution < 1.29 is 19.1 Å². The molecule has 0 saturated carbocycles. The predicted octanol–water partition coefficient (Wildman–Crippen LogP) is 4.41. The standard InChI is InChI=1S/C25H28Cl2N4O4S/c1-4-35-24(33)21-19(29(3)25(34)28-22(21)17-8-7-16(26)12-18(17)27)14-30-9-10-31(15(2)13-30)23(32)20-6-5-11-36-20/h5-8,11-12,15,22H,4,9-10,13-14H2,1-3H3,(H,28,34). The lowest BCUT2D eigenvalue weighted by molar-refractivity contribution is -0.139. The molecule has 3 heterocycles. The van der Waals surface area contributed by atoms with Crippen molar-refractivity contribution in [2.24, 2.45) is 0 Å². The molecule has 0 bridgehead atoms. The predicted molar refractivity (Wildman–Crippen MR) is 140 cm³/mol. The number of carbonyl (C=O) groups excluding carboxylic acids is 3. The van der Waals surface area contributed by atoms with Crippen LogP contribution in [0.2, 0.25) is 10.0 Å². The zero-order valence-electron chi connectivity index (χ0n) is 20.3. The molecule has 11 heteroatoms. The van der Waals surface area contributed by atoms with Gasteiger partial charge in [0.1, 0.15) is 0 Å². The Bertz CT molecular complexity index is 1190. The molecule has 1 N–H and O–H groups in total. The van der Waals surface area contributed by atoms with Crippen molar-refractivity contribution in [2.45, 2.75) is 25.9 Å². The van der Waals surface area contributed by atoms with Crippen molar-refractivity contribution in [3.8, 4) is 0 Å². The Morgan fingerprint density at radius 1 is 1.22 bits per heavy atom. The summed E-state index contributed by atoms with van der Waals surface area (Å²) in [7, 11) is 1.63. The van der Waals surface area contributed by atoms with Crippen molar-refractivity contribution in [2.75, 3.05) is 39.8 Å². The molecule has 4 rings (SSSR count). The molecule has 1 fully saturated rings. The Kier molecular flexibility index (Phi) is 8.24. The van der Waals surface area contributed by atoms with E-state index < -0.39 is 12.0 Å². The van der Waals surface area contributed by atoms with E-state index in [9.17, 15) is 14.4 Å². The summed E-state index contributed by atoms with van der Waals surface area (Å²) < 4.78 is 5.40. The number of likely N-dealkylation sites (N-methyl/N-ethyl adjacent to an activating group) is 1. The van der Waals surface area contributed by atoms with Crippen molar-refractivity contribution in [3.05, 3.63) is 67.5 Å². The van der Waals surface area contributed by atoms with Crippen LogP contribution in [-0.4, -0.2) is 78.5 Å². The minimum atomic E-state index is -0.786. The average molecular weight is 551 g/mol. The number of esters is 1. The Morgan fingerprint density at radius 3 is 2.64 bits per heavy atom. The number of hydrogen-bond donors (Lipinski definition) is 1. The summed E-state index contributed by atoms with van der Waals surface area (Å²) in [6.07, 6.45) is 0. The lowest BCUT2D eigenvalue weighted by atomic mass is 9.94. The number of hydrogen-bond acceptors (Lipinski definition) is 6. The van der Waals surface area contributed by atoms with Gasteiger partial charge < -0.3 is 15.0 Å². The second-order valence-electron chi connectivity index (χ2n) is 8.75. The number of rotatable bonds is 6. The van der Waals surface area contributed by atoms with E-state index in [0.717, 1.165) is 0 Å². The van der Waals surface area contributed by atoms with E-state index in [-0.39, 0.29) is 24.6 Å². The van der Waals surface area contributed by atoms with Crippen LogP contribution in [0.4, 0.5) is 4.79 Å². The molecular formula is C25H28Cl2N4O4S. The zero-order valence-corrected chi connectivity index (χ0v) is 22.6. The maximum Gasteiger partial charge on any atom is 0.338 e. The van der Waals surface area contributed by atoms with Gasteiger partial charge in [0.05, 0.1) is 23.1 Å². The minimum absolute atomic E-state index is 0.0233. The van der Waals surface area contributed by atoms with Gasteiger partial charge in [-0.15, -0.1) is 11.3 Å². The molecule has 0 radical (unpaired) electrons. The maximum atomic E-state index is 13.2. The van der Waals surface area contributed by atoms with Crippen LogP contribution < -0.4 is 5.32 Å². The summed E-state index contributed by atoms with van der Waals surface area (Å²) in [5.41, 5.74) is 1.43. The number of amides is 3. The lowest BCUT2D eigenvalue weighted by Crippen LogP contribution is -2.56. The third-order valence-electron chi connectivity index (χ3n) is 6.42. The first-order valence-electron chi connectivity index (χ1n) is 11.7. The molecule has 1 aromatic heterocycles. The van der Waals surface area contributed by atoms with Gasteiger partial charge in [-0.2, -0.15) is 0 Å². The van der Waals surface area contributed by atoms with Crippen LogP contribution in [0, 0.1) is 0 Å². The number of nitrogens with zero attached hydrogens (tertiary/aromatic N) is 3. The van der Waals surface area contributed by atoms with Gasteiger partial charge in [0.15, 0.2) is 0 Å². The first kappa shape index (κ1) is 26.5. The maximum absolute atomic E-state index is 13.2. The van der Waals surface area contributed by atoms with Gasteiger partial charge in [0.25, 0.3) is 5.91 Å². The summed E-state index contributed by atoms with van der Waals surface area (Å²) in [6.45, 7) is 6.01. The molecule has 2 aliphatic rings. The minimum Gasteiger partial charge on any atom is -0.463 e. The second-order valence-corrected chi connectivity index (χ2v) is 10.5. The topological polar surface area (TPSA) is 82.2 Å². The molecule has 0 spiro atoms. The number of carbonyl (C=O) groups is 3. The van der Waals surface area contributed by atoms with E-state index in [0.29, 0.717) is 57.9 Å². The number of thiophene rings is 1. The highest BCUT2D eigenvalue weighted by atomic mass is 35.5. The fourth-order valence-corrected chi connectivity index (χ4v) is 5.80. The number of nitrogens with one attached hydrogen (secondary N) is 1. The molecule has 2 unspecified atom stereocenters. The van der Waals surface area contributed by atoms with Crippen LogP contribution in [0.3, 0.4) is 0 Å². The first-order valence-corrected chi connectivity index (χ1v) is 13.3. The normalized spacial score (nSPS) is 21.0. The van der Waals surface area contributed by atoms with Crippen LogP contribution in [0.25, 0.3) is 0 Å². The quantitative estimate of drug-likeness (QED) is 0.538. The third-order valence-corrected chi connectivity index (χ3v) is 7.84. The number of halogens is 2. The summed E-state index contributed by atoms with van der Waals surface area (Å²) in [4.78, 5) is 45.2. The molecule has 2 aromatic rings. The van der Waals surface area contributed by atoms with Crippen LogP contribution >= 0.6 is 34.5 Å². The largest absolute Gasteiger partial charge is 0.463 e. The van der Waals surface area contributed by atoms with Gasteiger partial charge in [-0.05, 0) is 43.0 Å². The molecule has 36 heavy (non-hydrogen) atoms. The number of ether oxygens (including phenoxy) is 1. The van der Waals surface area contributed by atoms with E-state index in [2.05, 4.69) is 10.2 Å². The van der Waals surface area contributed by atoms with Crippen molar-refractivity contribution in [1.29, 1.82) is 0 Å². The summed E-state index contributed by atoms with van der Waals surface area (Å²) in [5.74, 6) is -0.495. The van der Waals surface area contributed by atoms with Gasteiger partial charge in [0.2, 0.25) is 0 Å². The van der Waals surface area contributed by atoms with E-state index in [1.165, 1.54) is 16.2 Å². The van der Waals surface area contributed by atoms with E-state index in [4.69, 9.17) is 27.9 Å².